The van der Waals surface area contributed by atoms with Gasteiger partial charge in [-0.1, -0.05) is 199 Å². The largest absolute Gasteiger partial charge is 0.310 e. The molecule has 0 atom stereocenters. The number of benzene rings is 14. The van der Waals surface area contributed by atoms with E-state index in [1.165, 1.54) is 97.5 Å². The standard InChI is InChI=1S/C42H27ClN2S2.C31H23NS.C12H6BrClS/c43-28-24-37-34-18-10-11-19-39(34)47-42(37)38(25-28)45(31-16-8-3-9-17-31)33-20-22-35-36-26-32(21-23-40(36)46-41(35)27-33)44(29-12-4-1-5-13-29)30-14-6-2-7-15-30;1-4-10-23(11-5-1)20-24-16-18-28-29-22-27(17-19-30(29)33-31(28)21-24)32(25-12-6-2-7-13-25)26-14-8-3-9-15-26;13-10-6-7(14)5-9-8-3-1-2-4-11(8)15-12(9)10/h1-27H;1-19,21-22H,20H2;1-6H. The highest BCUT2D eigenvalue weighted by molar-refractivity contribution is 9.10. The van der Waals surface area contributed by atoms with Gasteiger partial charge < -0.3 is 14.7 Å². The maximum Gasteiger partial charge on any atom is 0.0655 e. The van der Waals surface area contributed by atoms with Crippen molar-refractivity contribution in [3.05, 3.63) is 353 Å². The molecular weight excluding hydrogens is 1340 g/mol. The monoisotopic (exact) mass is 1400 g/mol. The molecule has 456 valence electrons. The van der Waals surface area contributed by atoms with Crippen LogP contribution in [0.4, 0.5) is 51.2 Å². The predicted octanol–water partition coefficient (Wildman–Crippen LogP) is 28.6. The van der Waals surface area contributed by atoms with Gasteiger partial charge in [-0.3, -0.25) is 0 Å². The summed E-state index contributed by atoms with van der Waals surface area (Å²) in [4.78, 5) is 7.00. The second kappa shape index (κ2) is 26.7. The van der Waals surface area contributed by atoms with Crippen molar-refractivity contribution >= 4 is 216 Å². The summed E-state index contributed by atoms with van der Waals surface area (Å²) in [5.74, 6) is 0. The first-order valence-electron chi connectivity index (χ1n) is 31.3. The minimum atomic E-state index is 0.730. The summed E-state index contributed by atoms with van der Waals surface area (Å²) in [6.45, 7) is 0. The molecule has 0 bridgehead atoms. The lowest BCUT2D eigenvalue weighted by atomic mass is 10.0. The third kappa shape index (κ3) is 12.2. The molecule has 0 unspecified atom stereocenters. The minimum Gasteiger partial charge on any atom is -0.310 e. The average Bonchev–Trinajstić information content (AvgIpc) is 1.72. The van der Waals surface area contributed by atoms with E-state index in [2.05, 4.69) is 346 Å². The maximum absolute atomic E-state index is 6.85. The van der Waals surface area contributed by atoms with Crippen LogP contribution < -0.4 is 14.7 Å². The number of para-hydroxylation sites is 5. The zero-order chi connectivity index (χ0) is 63.8. The van der Waals surface area contributed by atoms with Crippen molar-refractivity contribution in [1.82, 2.24) is 0 Å². The highest BCUT2D eigenvalue weighted by Crippen LogP contribution is 2.49. The van der Waals surface area contributed by atoms with E-state index >= 15 is 0 Å². The summed E-state index contributed by atoms with van der Waals surface area (Å²) in [6, 6.07) is 116. The molecule has 0 amide bonds. The van der Waals surface area contributed by atoms with E-state index in [-0.39, 0.29) is 0 Å². The Bertz CT molecular complexity index is 5680. The fourth-order valence-electron chi connectivity index (χ4n) is 12.8. The van der Waals surface area contributed by atoms with E-state index in [1.807, 2.05) is 46.1 Å². The summed E-state index contributed by atoms with van der Waals surface area (Å²) in [7, 11) is 0. The number of hydrogen-bond donors (Lipinski definition) is 0. The van der Waals surface area contributed by atoms with Crippen molar-refractivity contribution in [3.8, 4) is 0 Å². The van der Waals surface area contributed by atoms with Crippen molar-refractivity contribution in [2.24, 2.45) is 0 Å². The van der Waals surface area contributed by atoms with Crippen LogP contribution in [-0.4, -0.2) is 0 Å². The van der Waals surface area contributed by atoms with Crippen molar-refractivity contribution in [2.75, 3.05) is 14.7 Å². The van der Waals surface area contributed by atoms with Crippen LogP contribution >= 0.6 is 84.5 Å². The Morgan fingerprint density at radius 2 is 0.611 bits per heavy atom. The molecule has 18 aromatic rings. The first-order valence-corrected chi connectivity index (χ1v) is 36.1. The van der Waals surface area contributed by atoms with Gasteiger partial charge >= 0.3 is 0 Å². The SMILES string of the molecule is Clc1cc(Br)c2sc3ccccc3c2c1.Clc1cc(N(c2ccccc2)c2ccc3c(c2)sc2ccc(N(c4ccccc4)c4ccccc4)cc23)c2sc3ccccc3c2c1.c1ccc(Cc2ccc3c(c2)sc2ccc(N(c4ccccc4)c4ccccc4)cc23)cc1. The van der Waals surface area contributed by atoms with E-state index in [4.69, 9.17) is 23.2 Å². The quantitative estimate of drug-likeness (QED) is 0.128. The van der Waals surface area contributed by atoms with Crippen LogP contribution in [0.15, 0.2) is 332 Å². The fraction of sp³-hybridized carbons (Fsp3) is 0.0118. The minimum absolute atomic E-state index is 0.730. The second-order valence-electron chi connectivity index (χ2n) is 23.2. The zero-order valence-corrected chi connectivity index (χ0v) is 57.4. The first-order chi connectivity index (χ1) is 46.8. The van der Waals surface area contributed by atoms with Crippen LogP contribution in [0.3, 0.4) is 0 Å². The van der Waals surface area contributed by atoms with Gasteiger partial charge in [0.05, 0.1) is 10.4 Å². The van der Waals surface area contributed by atoms with Crippen LogP contribution in [0.5, 0.6) is 0 Å². The molecule has 18 rings (SSSR count). The van der Waals surface area contributed by atoms with Crippen molar-refractivity contribution in [3.63, 3.8) is 0 Å². The second-order valence-corrected chi connectivity index (χ2v) is 29.2. The number of fused-ring (bicyclic) bond motifs is 12. The van der Waals surface area contributed by atoms with Gasteiger partial charge in [-0.25, -0.2) is 0 Å². The van der Waals surface area contributed by atoms with Crippen molar-refractivity contribution in [1.29, 1.82) is 0 Å². The summed E-state index contributed by atoms with van der Waals surface area (Å²) >= 11 is 23.8. The lowest BCUT2D eigenvalue weighted by Gasteiger charge is -2.26. The number of thiophene rings is 4. The average molecular weight is 1400 g/mol. The topological polar surface area (TPSA) is 9.72 Å². The Morgan fingerprint density at radius 1 is 0.242 bits per heavy atom. The number of halogens is 3. The van der Waals surface area contributed by atoms with Gasteiger partial charge in [-0.15, -0.1) is 45.3 Å². The van der Waals surface area contributed by atoms with Gasteiger partial charge in [0, 0.05) is 136 Å². The molecule has 10 heteroatoms. The lowest BCUT2D eigenvalue weighted by Crippen LogP contribution is -2.10. The molecule has 4 aromatic heterocycles. The van der Waals surface area contributed by atoms with Crippen molar-refractivity contribution < 1.29 is 0 Å². The van der Waals surface area contributed by atoms with Crippen LogP contribution in [0.2, 0.25) is 10.0 Å². The smallest absolute Gasteiger partial charge is 0.0655 e. The van der Waals surface area contributed by atoms with Gasteiger partial charge in [0.2, 0.25) is 0 Å². The molecule has 0 spiro atoms. The molecule has 0 aliphatic heterocycles. The normalized spacial score (nSPS) is 11.4. The Hall–Kier alpha value is -9.58. The molecule has 3 nitrogen and oxygen atoms in total. The van der Waals surface area contributed by atoms with E-state index in [1.54, 1.807) is 11.3 Å². The predicted molar refractivity (Wildman–Crippen MR) is 422 cm³/mol. The summed E-state index contributed by atoms with van der Waals surface area (Å²) in [6.07, 6.45) is 0.964. The molecule has 0 fully saturated rings. The molecule has 0 saturated carbocycles. The summed E-state index contributed by atoms with van der Waals surface area (Å²) in [5.41, 5.74) is 12.9. The Morgan fingerprint density at radius 3 is 1.12 bits per heavy atom. The van der Waals surface area contributed by atoms with E-state index in [0.717, 1.165) is 66.4 Å². The number of nitrogens with zero attached hydrogens (tertiary/aromatic N) is 3. The Labute approximate surface area is 585 Å². The van der Waals surface area contributed by atoms with Crippen LogP contribution in [0, 0.1) is 0 Å². The molecule has 14 aromatic carbocycles. The zero-order valence-electron chi connectivity index (χ0n) is 51.0. The third-order valence-electron chi connectivity index (χ3n) is 17.1. The van der Waals surface area contributed by atoms with Gasteiger partial charge in [-0.2, -0.15) is 0 Å². The lowest BCUT2D eigenvalue weighted by molar-refractivity contribution is 1.20. The highest BCUT2D eigenvalue weighted by Gasteiger charge is 2.22. The number of hydrogen-bond acceptors (Lipinski definition) is 7. The van der Waals surface area contributed by atoms with Crippen LogP contribution in [0.25, 0.3) is 80.7 Å². The first kappa shape index (κ1) is 60.4. The molecule has 0 saturated heterocycles. The molecule has 4 heterocycles. The number of rotatable bonds is 11. The summed E-state index contributed by atoms with van der Waals surface area (Å²) < 4.78 is 11.3. The van der Waals surface area contributed by atoms with Gasteiger partial charge in [0.25, 0.3) is 0 Å². The highest BCUT2D eigenvalue weighted by atomic mass is 79.9. The summed E-state index contributed by atoms with van der Waals surface area (Å²) in [5, 5.41) is 11.6. The Balaban J connectivity index is 0.000000128. The maximum atomic E-state index is 6.85. The van der Waals surface area contributed by atoms with E-state index < -0.39 is 0 Å². The molecule has 95 heavy (non-hydrogen) atoms. The van der Waals surface area contributed by atoms with Crippen molar-refractivity contribution in [2.45, 2.75) is 6.42 Å². The van der Waals surface area contributed by atoms with Crippen LogP contribution in [0.1, 0.15) is 11.1 Å². The van der Waals surface area contributed by atoms with Gasteiger partial charge in [0.15, 0.2) is 0 Å². The van der Waals surface area contributed by atoms with Crippen LogP contribution in [-0.2, 0) is 6.42 Å². The number of anilines is 9. The molecule has 0 aliphatic carbocycles. The molecule has 0 radical (unpaired) electrons. The fourth-order valence-corrected chi connectivity index (χ4v) is 18.6. The molecule has 0 N–H and O–H groups in total. The van der Waals surface area contributed by atoms with E-state index in [9.17, 15) is 0 Å². The van der Waals surface area contributed by atoms with Gasteiger partial charge in [0.1, 0.15) is 0 Å². The van der Waals surface area contributed by atoms with Gasteiger partial charge in [-0.05, 0) is 185 Å². The van der Waals surface area contributed by atoms with E-state index in [0.29, 0.717) is 0 Å². The Kier molecular flexibility index (Phi) is 16.9. The third-order valence-corrected chi connectivity index (χ3v) is 23.1. The molecular formula is C85H56BrCl2N3S4. The molecule has 0 aliphatic rings.